The van der Waals surface area contributed by atoms with Crippen molar-refractivity contribution >= 4 is 11.8 Å². The van der Waals surface area contributed by atoms with Crippen LogP contribution in [-0.2, 0) is 11.2 Å². The van der Waals surface area contributed by atoms with Gasteiger partial charge in [-0.05, 0) is 29.8 Å². The first kappa shape index (κ1) is 13.9. The van der Waals surface area contributed by atoms with E-state index in [1.165, 1.54) is 43.6 Å². The molecule has 0 spiro atoms. The van der Waals surface area contributed by atoms with Gasteiger partial charge in [0.15, 0.2) is 5.78 Å². The Kier molecular flexibility index (Phi) is 4.20. The molecular weight excluding hydrogens is 261 g/mol. The van der Waals surface area contributed by atoms with Gasteiger partial charge in [-0.2, -0.15) is 0 Å². The highest BCUT2D eigenvalue weighted by atomic mass is 19.1. The molecule has 2 aromatic rings. The Morgan fingerprint density at radius 3 is 2.55 bits per heavy atom. The number of rotatable bonds is 4. The molecule has 1 aromatic heterocycles. The molecule has 4 nitrogen and oxygen atoms in total. The van der Waals surface area contributed by atoms with Crippen LogP contribution < -0.4 is 0 Å². The number of ether oxygens (including phenoxy) is 1. The molecule has 5 heteroatoms. The quantitative estimate of drug-likeness (QED) is 0.634. The smallest absolute Gasteiger partial charge is 0.340 e. The van der Waals surface area contributed by atoms with E-state index in [9.17, 15) is 14.0 Å². The number of hydrogen-bond donors (Lipinski definition) is 0. The molecule has 0 saturated carbocycles. The number of halogens is 1. The lowest BCUT2D eigenvalue weighted by Gasteiger charge is -2.06. The fraction of sp³-hybridized carbons (Fsp3) is 0.133. The molecule has 2 rings (SSSR count). The zero-order valence-electron chi connectivity index (χ0n) is 10.8. The maximum Gasteiger partial charge on any atom is 0.340 e. The summed E-state index contributed by atoms with van der Waals surface area (Å²) in [5.41, 5.74) is 0.837. The van der Waals surface area contributed by atoms with E-state index < -0.39 is 5.97 Å². The molecule has 1 aromatic carbocycles. The second-order valence-electron chi connectivity index (χ2n) is 4.12. The summed E-state index contributed by atoms with van der Waals surface area (Å²) in [6.45, 7) is 0. The van der Waals surface area contributed by atoms with Gasteiger partial charge in [-0.1, -0.05) is 12.1 Å². The minimum Gasteiger partial charge on any atom is -0.465 e. The summed E-state index contributed by atoms with van der Waals surface area (Å²) in [5.74, 6) is -1.30. The highest BCUT2D eigenvalue weighted by Gasteiger charge is 2.18. The number of carbonyl (C=O) groups excluding carboxylic acids is 2. The third-order valence-electron chi connectivity index (χ3n) is 2.76. The largest absolute Gasteiger partial charge is 0.465 e. The SMILES string of the molecule is COC(=O)c1cccnc1C(=O)Cc1ccc(F)cc1. The minimum absolute atomic E-state index is 0.0429. The van der Waals surface area contributed by atoms with Gasteiger partial charge in [-0.15, -0.1) is 0 Å². The number of nitrogens with zero attached hydrogens (tertiary/aromatic N) is 1. The lowest BCUT2D eigenvalue weighted by molar-refractivity contribution is 0.0596. The van der Waals surface area contributed by atoms with E-state index in [2.05, 4.69) is 9.72 Å². The van der Waals surface area contributed by atoms with E-state index in [1.807, 2.05) is 0 Å². The van der Waals surface area contributed by atoms with Crippen LogP contribution >= 0.6 is 0 Å². The van der Waals surface area contributed by atoms with E-state index in [0.29, 0.717) is 5.56 Å². The maximum atomic E-state index is 12.8. The zero-order valence-corrected chi connectivity index (χ0v) is 10.8. The molecule has 0 aliphatic rings. The van der Waals surface area contributed by atoms with Crippen molar-refractivity contribution in [3.05, 3.63) is 65.2 Å². The first-order chi connectivity index (χ1) is 9.61. The van der Waals surface area contributed by atoms with Crippen LogP contribution in [0.2, 0.25) is 0 Å². The summed E-state index contributed by atoms with van der Waals surface area (Å²) in [7, 11) is 1.24. The lowest BCUT2D eigenvalue weighted by atomic mass is 10.0. The summed E-state index contributed by atoms with van der Waals surface area (Å²) < 4.78 is 17.4. The van der Waals surface area contributed by atoms with Gasteiger partial charge < -0.3 is 4.74 Å². The average Bonchev–Trinajstić information content (AvgIpc) is 2.48. The monoisotopic (exact) mass is 273 g/mol. The molecule has 0 fully saturated rings. The van der Waals surface area contributed by atoms with Gasteiger partial charge in [0, 0.05) is 12.6 Å². The van der Waals surface area contributed by atoms with Crippen molar-refractivity contribution in [3.63, 3.8) is 0 Å². The topological polar surface area (TPSA) is 56.3 Å². The van der Waals surface area contributed by atoms with Crippen molar-refractivity contribution in [3.8, 4) is 0 Å². The molecule has 0 aliphatic heterocycles. The summed E-state index contributed by atoms with van der Waals surface area (Å²) in [6, 6.07) is 8.64. The van der Waals surface area contributed by atoms with Gasteiger partial charge in [0.05, 0.1) is 12.7 Å². The Bertz CT molecular complexity index is 638. The highest BCUT2D eigenvalue weighted by molar-refractivity contribution is 6.05. The molecule has 0 aliphatic carbocycles. The Hall–Kier alpha value is -2.56. The van der Waals surface area contributed by atoms with Crippen molar-refractivity contribution in [1.82, 2.24) is 4.98 Å². The van der Waals surface area contributed by atoms with E-state index >= 15 is 0 Å². The lowest BCUT2D eigenvalue weighted by Crippen LogP contribution is -2.14. The van der Waals surface area contributed by atoms with E-state index in [0.717, 1.165) is 0 Å². The predicted octanol–water partition coefficient (Wildman–Crippen LogP) is 2.43. The van der Waals surface area contributed by atoms with Gasteiger partial charge in [0.25, 0.3) is 0 Å². The van der Waals surface area contributed by atoms with Crippen molar-refractivity contribution in [2.24, 2.45) is 0 Å². The fourth-order valence-corrected chi connectivity index (χ4v) is 1.77. The molecule has 0 unspecified atom stereocenters. The molecule has 20 heavy (non-hydrogen) atoms. The third kappa shape index (κ3) is 3.06. The highest BCUT2D eigenvalue weighted by Crippen LogP contribution is 2.12. The van der Waals surface area contributed by atoms with Gasteiger partial charge in [0.2, 0.25) is 0 Å². The van der Waals surface area contributed by atoms with Crippen LogP contribution in [0.1, 0.15) is 26.4 Å². The normalized spacial score (nSPS) is 10.1. The van der Waals surface area contributed by atoms with Gasteiger partial charge in [0.1, 0.15) is 11.5 Å². The van der Waals surface area contributed by atoms with Crippen LogP contribution in [0, 0.1) is 5.82 Å². The molecule has 0 atom stereocenters. The van der Waals surface area contributed by atoms with E-state index in [1.54, 1.807) is 6.07 Å². The van der Waals surface area contributed by atoms with E-state index in [4.69, 9.17) is 0 Å². The number of methoxy groups -OCH3 is 1. The Labute approximate surface area is 115 Å². The zero-order chi connectivity index (χ0) is 14.5. The van der Waals surface area contributed by atoms with Crippen molar-refractivity contribution in [1.29, 1.82) is 0 Å². The number of esters is 1. The van der Waals surface area contributed by atoms with Crippen LogP contribution in [0.25, 0.3) is 0 Å². The van der Waals surface area contributed by atoms with Crippen molar-refractivity contribution in [2.75, 3.05) is 7.11 Å². The summed E-state index contributed by atoms with van der Waals surface area (Å²) in [6.07, 6.45) is 1.48. The Morgan fingerprint density at radius 2 is 1.90 bits per heavy atom. The molecule has 102 valence electrons. The van der Waals surface area contributed by atoms with Crippen molar-refractivity contribution in [2.45, 2.75) is 6.42 Å². The number of ketones is 1. The Balaban J connectivity index is 2.25. The number of aromatic nitrogens is 1. The van der Waals surface area contributed by atoms with Crippen LogP contribution in [0.4, 0.5) is 4.39 Å². The number of Topliss-reactive ketones (excluding diaryl/α,β-unsaturated/α-hetero) is 1. The van der Waals surface area contributed by atoms with Gasteiger partial charge in [-0.3, -0.25) is 9.78 Å². The standard InChI is InChI=1S/C15H12FNO3/c1-20-15(19)12-3-2-8-17-14(12)13(18)9-10-4-6-11(16)7-5-10/h2-8H,9H2,1H3. The van der Waals surface area contributed by atoms with Gasteiger partial charge >= 0.3 is 5.97 Å². The minimum atomic E-state index is -0.611. The van der Waals surface area contributed by atoms with Crippen LogP contribution in [0.5, 0.6) is 0 Å². The van der Waals surface area contributed by atoms with Crippen LogP contribution in [-0.4, -0.2) is 23.8 Å². The second kappa shape index (κ2) is 6.06. The fourth-order valence-electron chi connectivity index (χ4n) is 1.77. The van der Waals surface area contributed by atoms with E-state index in [-0.39, 0.29) is 29.3 Å². The van der Waals surface area contributed by atoms with Gasteiger partial charge in [-0.25, -0.2) is 9.18 Å². The number of carbonyl (C=O) groups is 2. The molecule has 0 radical (unpaired) electrons. The Morgan fingerprint density at radius 1 is 1.20 bits per heavy atom. The first-order valence-electron chi connectivity index (χ1n) is 5.93. The summed E-state index contributed by atoms with van der Waals surface area (Å²) in [4.78, 5) is 27.7. The molecule has 0 amide bonds. The average molecular weight is 273 g/mol. The predicted molar refractivity (Wildman–Crippen MR) is 70.0 cm³/mol. The second-order valence-corrected chi connectivity index (χ2v) is 4.12. The maximum absolute atomic E-state index is 12.8. The molecular formula is C15H12FNO3. The first-order valence-corrected chi connectivity index (χ1v) is 5.93. The van der Waals surface area contributed by atoms with Crippen LogP contribution in [0.15, 0.2) is 42.6 Å². The molecule has 0 saturated heterocycles. The number of benzene rings is 1. The number of pyridine rings is 1. The van der Waals surface area contributed by atoms with Crippen LogP contribution in [0.3, 0.4) is 0 Å². The molecule has 1 heterocycles. The number of hydrogen-bond acceptors (Lipinski definition) is 4. The van der Waals surface area contributed by atoms with Crippen molar-refractivity contribution < 1.29 is 18.7 Å². The molecule has 0 bridgehead atoms. The summed E-state index contributed by atoms with van der Waals surface area (Å²) >= 11 is 0. The molecule has 0 N–H and O–H groups in total. The third-order valence-corrected chi connectivity index (χ3v) is 2.76. The summed E-state index contributed by atoms with van der Waals surface area (Å²) in [5, 5.41) is 0.